The fraction of sp³-hybridized carbons (Fsp3) is 0.208. The molecule has 5 nitrogen and oxygen atoms in total. The van der Waals surface area contributed by atoms with E-state index in [0.717, 1.165) is 18.3 Å². The maximum atomic E-state index is 14.8. The van der Waals surface area contributed by atoms with E-state index in [9.17, 15) is 26.7 Å². The van der Waals surface area contributed by atoms with Gasteiger partial charge in [0.05, 0.1) is 17.3 Å². The summed E-state index contributed by atoms with van der Waals surface area (Å²) in [7, 11) is 0. The number of fused-ring (bicyclic) bond motifs is 3. The minimum Gasteiger partial charge on any atom is -0.355 e. The van der Waals surface area contributed by atoms with Crippen molar-refractivity contribution in [1.82, 2.24) is 14.9 Å². The highest BCUT2D eigenvalue weighted by molar-refractivity contribution is 6.09. The third-order valence-corrected chi connectivity index (χ3v) is 5.97. The fourth-order valence-corrected chi connectivity index (χ4v) is 4.36. The van der Waals surface area contributed by atoms with Gasteiger partial charge in [-0.2, -0.15) is 18.3 Å². The van der Waals surface area contributed by atoms with Crippen LogP contribution in [0.2, 0.25) is 0 Å². The molecule has 0 radical (unpaired) electrons. The molecule has 10 heteroatoms. The van der Waals surface area contributed by atoms with Gasteiger partial charge < -0.3 is 4.52 Å². The first-order valence-corrected chi connectivity index (χ1v) is 10.4. The Kier molecular flexibility index (Phi) is 5.11. The molecule has 0 saturated heterocycles. The van der Waals surface area contributed by atoms with Crippen LogP contribution in [0.25, 0.3) is 28.3 Å². The third kappa shape index (κ3) is 3.32. The number of hydrogen-bond acceptors (Lipinski definition) is 4. The van der Waals surface area contributed by atoms with Crippen molar-refractivity contribution in [1.29, 1.82) is 0 Å². The molecular weight excluding hydrogens is 457 g/mol. The topological polar surface area (TPSA) is 60.9 Å². The maximum absolute atomic E-state index is 14.8. The molecule has 0 N–H and O–H groups in total. The van der Waals surface area contributed by atoms with Gasteiger partial charge in [0.2, 0.25) is 0 Å². The largest absolute Gasteiger partial charge is 0.434 e. The minimum atomic E-state index is -4.99. The average Bonchev–Trinajstić information content (AvgIpc) is 3.39. The number of carbonyl (C=O) groups excluding carboxylic acids is 1. The van der Waals surface area contributed by atoms with Crippen LogP contribution in [0.3, 0.4) is 0 Å². The van der Waals surface area contributed by atoms with Crippen LogP contribution in [0, 0.1) is 17.6 Å². The van der Waals surface area contributed by atoms with E-state index in [1.807, 2.05) is 0 Å². The second kappa shape index (κ2) is 7.89. The van der Waals surface area contributed by atoms with Crippen LogP contribution in [0.15, 0.2) is 53.2 Å². The predicted octanol–water partition coefficient (Wildman–Crippen LogP) is 6.26. The standard InChI is InChI=1S/C24H16F5N3O2/c1-2-12-10-13-6-5-8-16(26)18(13)20-19(21(12)33)22(34-31-20)14-11-30-32(23(14)24(27,28)29)17-9-4-3-7-15(17)25/h3-9,11-12H,2,10H2,1H3. The molecule has 0 fully saturated rings. The number of carbonyl (C=O) groups is 1. The molecular formula is C24H16F5N3O2. The highest BCUT2D eigenvalue weighted by Gasteiger charge is 2.43. The van der Waals surface area contributed by atoms with E-state index in [0.29, 0.717) is 16.7 Å². The van der Waals surface area contributed by atoms with E-state index in [1.165, 1.54) is 24.3 Å². The lowest BCUT2D eigenvalue weighted by molar-refractivity contribution is -0.142. The molecule has 1 aliphatic rings. The smallest absolute Gasteiger partial charge is 0.355 e. The number of halogens is 5. The van der Waals surface area contributed by atoms with Crippen molar-refractivity contribution in [3.05, 3.63) is 77.1 Å². The maximum Gasteiger partial charge on any atom is 0.434 e. The van der Waals surface area contributed by atoms with Crippen LogP contribution in [-0.4, -0.2) is 20.7 Å². The second-order valence-corrected chi connectivity index (χ2v) is 7.95. The molecule has 0 saturated carbocycles. The van der Waals surface area contributed by atoms with Crippen molar-refractivity contribution >= 4 is 5.78 Å². The fourth-order valence-electron chi connectivity index (χ4n) is 4.36. The summed E-state index contributed by atoms with van der Waals surface area (Å²) >= 11 is 0. The summed E-state index contributed by atoms with van der Waals surface area (Å²) in [5.74, 6) is -3.19. The van der Waals surface area contributed by atoms with Crippen molar-refractivity contribution in [2.24, 2.45) is 5.92 Å². The van der Waals surface area contributed by atoms with Gasteiger partial charge in [-0.1, -0.05) is 36.3 Å². The molecule has 2 heterocycles. The molecule has 0 amide bonds. The summed E-state index contributed by atoms with van der Waals surface area (Å²) in [5, 5.41) is 7.57. The zero-order valence-corrected chi connectivity index (χ0v) is 17.7. The van der Waals surface area contributed by atoms with Gasteiger partial charge >= 0.3 is 6.18 Å². The van der Waals surface area contributed by atoms with Gasteiger partial charge in [-0.15, -0.1) is 0 Å². The Labute approximate surface area is 189 Å². The van der Waals surface area contributed by atoms with Crippen molar-refractivity contribution in [3.63, 3.8) is 0 Å². The first kappa shape index (κ1) is 22.0. The van der Waals surface area contributed by atoms with E-state index >= 15 is 0 Å². The molecule has 1 atom stereocenters. The number of ketones is 1. The number of rotatable bonds is 3. The molecule has 2 aromatic carbocycles. The summed E-state index contributed by atoms with van der Waals surface area (Å²) in [4.78, 5) is 13.4. The zero-order chi connectivity index (χ0) is 24.2. The summed E-state index contributed by atoms with van der Waals surface area (Å²) in [5.41, 5.74) is -2.22. The lowest BCUT2D eigenvalue weighted by Gasteiger charge is -2.14. The number of aromatic nitrogens is 3. The summed E-state index contributed by atoms with van der Waals surface area (Å²) in [6, 6.07) is 9.19. The summed E-state index contributed by atoms with van der Waals surface area (Å²) < 4.78 is 77.5. The van der Waals surface area contributed by atoms with Crippen molar-refractivity contribution < 1.29 is 31.3 Å². The van der Waals surface area contributed by atoms with E-state index < -0.39 is 52.2 Å². The molecule has 2 aromatic heterocycles. The number of hydrogen-bond donors (Lipinski definition) is 0. The SMILES string of the molecule is CCC1Cc2cccc(F)c2-c2noc(-c3cnn(-c4ccccc4F)c3C(F)(F)F)c2C1=O. The second-order valence-electron chi connectivity index (χ2n) is 7.95. The van der Waals surface area contributed by atoms with E-state index in [1.54, 1.807) is 13.0 Å². The highest BCUT2D eigenvalue weighted by Crippen LogP contribution is 2.45. The van der Waals surface area contributed by atoms with Crippen molar-refractivity contribution in [2.75, 3.05) is 0 Å². The van der Waals surface area contributed by atoms with E-state index in [4.69, 9.17) is 4.52 Å². The molecule has 174 valence electrons. The van der Waals surface area contributed by atoms with E-state index in [-0.39, 0.29) is 23.2 Å². The molecule has 4 aromatic rings. The van der Waals surface area contributed by atoms with Crippen LogP contribution in [0.5, 0.6) is 0 Å². The van der Waals surface area contributed by atoms with Gasteiger partial charge in [0.25, 0.3) is 0 Å². The normalized spacial score (nSPS) is 15.7. The first-order valence-electron chi connectivity index (χ1n) is 10.4. The molecule has 0 aliphatic heterocycles. The molecule has 0 spiro atoms. The number of nitrogens with zero attached hydrogens (tertiary/aromatic N) is 3. The summed E-state index contributed by atoms with van der Waals surface area (Å²) in [6.07, 6.45) is -3.56. The van der Waals surface area contributed by atoms with Crippen LogP contribution < -0.4 is 0 Å². The van der Waals surface area contributed by atoms with Crippen LogP contribution >= 0.6 is 0 Å². The number of Topliss-reactive ketones (excluding diaryl/α,β-unsaturated/α-hetero) is 1. The number of alkyl halides is 3. The lowest BCUT2D eigenvalue weighted by atomic mass is 9.91. The van der Waals surface area contributed by atoms with Gasteiger partial charge in [-0.05, 0) is 36.6 Å². The Hall–Kier alpha value is -3.82. The van der Waals surface area contributed by atoms with Crippen LogP contribution in [0.1, 0.15) is 35.0 Å². The minimum absolute atomic E-state index is 0.0202. The molecule has 34 heavy (non-hydrogen) atoms. The molecule has 1 unspecified atom stereocenters. The van der Waals surface area contributed by atoms with Gasteiger partial charge in [-0.25, -0.2) is 13.5 Å². The lowest BCUT2D eigenvalue weighted by Crippen LogP contribution is -2.17. The Morgan fingerprint density at radius 1 is 1.06 bits per heavy atom. The molecule has 1 aliphatic carbocycles. The zero-order valence-electron chi connectivity index (χ0n) is 17.7. The Morgan fingerprint density at radius 2 is 1.79 bits per heavy atom. The van der Waals surface area contributed by atoms with Crippen LogP contribution in [-0.2, 0) is 12.6 Å². The average molecular weight is 473 g/mol. The number of para-hydroxylation sites is 1. The number of benzene rings is 2. The van der Waals surface area contributed by atoms with Gasteiger partial charge in [-0.3, -0.25) is 4.79 Å². The quantitative estimate of drug-likeness (QED) is 0.330. The highest BCUT2D eigenvalue weighted by atomic mass is 19.4. The van der Waals surface area contributed by atoms with Crippen molar-refractivity contribution in [3.8, 4) is 28.3 Å². The van der Waals surface area contributed by atoms with Crippen LogP contribution in [0.4, 0.5) is 22.0 Å². The van der Waals surface area contributed by atoms with Crippen molar-refractivity contribution in [2.45, 2.75) is 25.9 Å². The predicted molar refractivity (Wildman–Crippen MR) is 111 cm³/mol. The summed E-state index contributed by atoms with van der Waals surface area (Å²) in [6.45, 7) is 1.76. The van der Waals surface area contributed by atoms with Gasteiger partial charge in [0, 0.05) is 11.5 Å². The Morgan fingerprint density at radius 3 is 2.50 bits per heavy atom. The Bertz CT molecular complexity index is 1420. The Balaban J connectivity index is 1.80. The van der Waals surface area contributed by atoms with Gasteiger partial charge in [0.15, 0.2) is 17.2 Å². The van der Waals surface area contributed by atoms with Gasteiger partial charge in [0.1, 0.15) is 23.0 Å². The van der Waals surface area contributed by atoms with E-state index in [2.05, 4.69) is 10.3 Å². The molecule has 5 rings (SSSR count). The third-order valence-electron chi connectivity index (χ3n) is 5.97. The first-order chi connectivity index (χ1) is 16.2. The monoisotopic (exact) mass is 473 g/mol. The molecule has 0 bridgehead atoms.